The molecular formula is C14H20F2O5S. The molecule has 0 heterocycles. The van der Waals surface area contributed by atoms with Crippen molar-refractivity contribution >= 4 is 16.1 Å². The minimum Gasteiger partial charge on any atom is -0.477 e. The van der Waals surface area contributed by atoms with E-state index in [1.807, 2.05) is 6.92 Å². The summed E-state index contributed by atoms with van der Waals surface area (Å²) in [7, 11) is -4.40. The van der Waals surface area contributed by atoms with E-state index in [1.165, 1.54) is 6.08 Å². The van der Waals surface area contributed by atoms with Gasteiger partial charge in [-0.25, -0.2) is 4.79 Å². The van der Waals surface area contributed by atoms with Crippen molar-refractivity contribution < 1.29 is 31.3 Å². The first-order valence-electron chi connectivity index (χ1n) is 6.87. The van der Waals surface area contributed by atoms with Crippen LogP contribution in [0.15, 0.2) is 22.6 Å². The predicted octanol–water partition coefficient (Wildman–Crippen LogP) is 3.09. The smallest absolute Gasteiger partial charge is 0.377 e. The second-order valence-corrected chi connectivity index (χ2v) is 7.37. The second kappa shape index (κ2) is 6.87. The first-order valence-corrected chi connectivity index (χ1v) is 8.28. The van der Waals surface area contributed by atoms with Crippen LogP contribution in [0.2, 0.25) is 0 Å². The first kappa shape index (κ1) is 18.8. The lowest BCUT2D eigenvalue weighted by atomic mass is 10.0. The van der Waals surface area contributed by atoms with E-state index in [-0.39, 0.29) is 23.7 Å². The van der Waals surface area contributed by atoms with Gasteiger partial charge in [-0.15, -0.1) is 0 Å². The van der Waals surface area contributed by atoms with Gasteiger partial charge in [-0.1, -0.05) is 25.5 Å². The van der Waals surface area contributed by atoms with E-state index in [2.05, 4.69) is 4.18 Å². The van der Waals surface area contributed by atoms with Gasteiger partial charge in [0.25, 0.3) is 10.1 Å². The molecule has 0 spiro atoms. The maximum absolute atomic E-state index is 13.7. The van der Waals surface area contributed by atoms with Crippen molar-refractivity contribution in [2.24, 2.45) is 5.92 Å². The summed E-state index contributed by atoms with van der Waals surface area (Å²) in [6.07, 6.45) is 0.895. The highest BCUT2D eigenvalue weighted by molar-refractivity contribution is 7.90. The number of hydrogen-bond acceptors (Lipinski definition) is 4. The third-order valence-electron chi connectivity index (χ3n) is 3.26. The Kier molecular flexibility index (Phi) is 5.86. The Morgan fingerprint density at radius 3 is 2.36 bits per heavy atom. The van der Waals surface area contributed by atoms with Crippen LogP contribution in [-0.4, -0.2) is 31.5 Å². The van der Waals surface area contributed by atoms with E-state index in [0.717, 1.165) is 5.57 Å². The van der Waals surface area contributed by atoms with E-state index in [0.29, 0.717) is 6.42 Å². The van der Waals surface area contributed by atoms with Crippen molar-refractivity contribution in [2.75, 3.05) is 0 Å². The summed E-state index contributed by atoms with van der Waals surface area (Å²) in [6.45, 7) is 4.97. The minimum absolute atomic E-state index is 0.118. The Morgan fingerprint density at radius 1 is 1.36 bits per heavy atom. The molecule has 0 aromatic carbocycles. The van der Waals surface area contributed by atoms with Gasteiger partial charge in [0.15, 0.2) is 6.10 Å². The Balaban J connectivity index is 3.06. The molecule has 0 saturated carbocycles. The maximum atomic E-state index is 13.7. The third kappa shape index (κ3) is 4.61. The quantitative estimate of drug-likeness (QED) is 0.722. The summed E-state index contributed by atoms with van der Waals surface area (Å²) in [5.41, 5.74) is 0.966. The van der Waals surface area contributed by atoms with E-state index in [4.69, 9.17) is 5.11 Å². The zero-order valence-corrected chi connectivity index (χ0v) is 13.5. The van der Waals surface area contributed by atoms with E-state index >= 15 is 0 Å². The van der Waals surface area contributed by atoms with Crippen LogP contribution in [0.1, 0.15) is 40.0 Å². The van der Waals surface area contributed by atoms with Crippen LogP contribution in [0.3, 0.4) is 0 Å². The first-order chi connectivity index (χ1) is 9.96. The molecule has 0 radical (unpaired) electrons. The van der Waals surface area contributed by atoms with E-state index < -0.39 is 28.1 Å². The molecule has 0 aromatic rings. The number of halogens is 2. The van der Waals surface area contributed by atoms with Crippen LogP contribution < -0.4 is 0 Å². The summed E-state index contributed by atoms with van der Waals surface area (Å²) >= 11 is 0. The summed E-state index contributed by atoms with van der Waals surface area (Å²) in [5.74, 6) is -7.03. The molecule has 8 heteroatoms. The average molecular weight is 338 g/mol. The van der Waals surface area contributed by atoms with Crippen molar-refractivity contribution in [3.8, 4) is 0 Å². The predicted molar refractivity (Wildman–Crippen MR) is 76.9 cm³/mol. The molecule has 1 unspecified atom stereocenters. The van der Waals surface area contributed by atoms with Crippen LogP contribution >= 0.6 is 0 Å². The number of allylic oxidation sites excluding steroid dienone is 4. The fourth-order valence-corrected chi connectivity index (χ4v) is 3.17. The van der Waals surface area contributed by atoms with Crippen LogP contribution in [0, 0.1) is 5.92 Å². The molecule has 0 amide bonds. The van der Waals surface area contributed by atoms with Crippen LogP contribution in [0.4, 0.5) is 8.78 Å². The summed E-state index contributed by atoms with van der Waals surface area (Å²) in [4.78, 5) is 10.6. The lowest BCUT2D eigenvalue weighted by molar-refractivity contribution is -0.179. The molecule has 1 aliphatic carbocycles. The van der Waals surface area contributed by atoms with Gasteiger partial charge < -0.3 is 5.11 Å². The lowest BCUT2D eigenvalue weighted by Gasteiger charge is -2.25. The van der Waals surface area contributed by atoms with E-state index in [9.17, 15) is 22.0 Å². The molecule has 1 atom stereocenters. The number of aliphatic carboxylic acids is 1. The standard InChI is InChI=1S/C14H20F2O5S/c1-9(2)8-12(14(15,16)13(17)18)21-22(19,20)11-6-4-10(3)5-7-11/h4,6,9,12H,5,7-8H2,1-3H3,(H,17,18). The molecule has 0 aliphatic heterocycles. The highest BCUT2D eigenvalue weighted by Crippen LogP contribution is 2.32. The zero-order valence-electron chi connectivity index (χ0n) is 12.7. The summed E-state index contributed by atoms with van der Waals surface area (Å²) in [6, 6.07) is 0. The van der Waals surface area contributed by atoms with E-state index in [1.54, 1.807) is 19.9 Å². The van der Waals surface area contributed by atoms with Gasteiger partial charge in [0.2, 0.25) is 0 Å². The van der Waals surface area contributed by atoms with Gasteiger partial charge in [-0.05, 0) is 38.2 Å². The molecule has 0 fully saturated rings. The molecule has 126 valence electrons. The number of carboxylic acids is 1. The Bertz CT molecular complexity index is 590. The number of alkyl halides is 2. The Labute approximate surface area is 128 Å². The van der Waals surface area contributed by atoms with Gasteiger partial charge in [0.05, 0.1) is 4.91 Å². The summed E-state index contributed by atoms with van der Waals surface area (Å²) < 4.78 is 56.2. The van der Waals surface area contributed by atoms with Gasteiger partial charge in [-0.2, -0.15) is 17.2 Å². The molecule has 0 bridgehead atoms. The molecule has 1 aliphatic rings. The summed E-state index contributed by atoms with van der Waals surface area (Å²) in [5, 5.41) is 8.62. The Morgan fingerprint density at radius 2 is 1.95 bits per heavy atom. The molecular weight excluding hydrogens is 318 g/mol. The van der Waals surface area contributed by atoms with Crippen LogP contribution in [0.5, 0.6) is 0 Å². The van der Waals surface area contributed by atoms with Gasteiger partial charge >= 0.3 is 11.9 Å². The normalized spacial score (nSPS) is 17.9. The van der Waals surface area contributed by atoms with Crippen LogP contribution in [-0.2, 0) is 19.1 Å². The molecule has 0 saturated heterocycles. The van der Waals surface area contributed by atoms with Crippen molar-refractivity contribution in [1.82, 2.24) is 0 Å². The van der Waals surface area contributed by atoms with Gasteiger partial charge in [0, 0.05) is 0 Å². The molecule has 1 rings (SSSR count). The lowest BCUT2D eigenvalue weighted by Crippen LogP contribution is -2.45. The SMILES string of the molecule is CC1=CC=C(S(=O)(=O)OC(CC(C)C)C(F)(F)C(=O)O)CC1. The van der Waals surface area contributed by atoms with Crippen molar-refractivity contribution in [3.05, 3.63) is 22.6 Å². The van der Waals surface area contributed by atoms with Crippen molar-refractivity contribution in [2.45, 2.75) is 52.1 Å². The number of hydrogen-bond donors (Lipinski definition) is 1. The van der Waals surface area contributed by atoms with Crippen molar-refractivity contribution in [3.63, 3.8) is 0 Å². The van der Waals surface area contributed by atoms with Gasteiger partial charge in [0.1, 0.15) is 0 Å². The zero-order chi connectivity index (χ0) is 17.1. The highest BCUT2D eigenvalue weighted by atomic mass is 32.2. The van der Waals surface area contributed by atoms with Crippen LogP contribution in [0.25, 0.3) is 0 Å². The monoisotopic (exact) mass is 338 g/mol. The van der Waals surface area contributed by atoms with Crippen molar-refractivity contribution in [1.29, 1.82) is 0 Å². The topological polar surface area (TPSA) is 80.7 Å². The molecule has 5 nitrogen and oxygen atoms in total. The maximum Gasteiger partial charge on any atom is 0.377 e. The largest absolute Gasteiger partial charge is 0.477 e. The second-order valence-electron chi connectivity index (χ2n) is 5.74. The average Bonchev–Trinajstić information content (AvgIpc) is 2.37. The number of carboxylic acid groups (broad SMARTS) is 1. The molecule has 1 N–H and O–H groups in total. The van der Waals surface area contributed by atoms with Gasteiger partial charge in [-0.3, -0.25) is 4.18 Å². The number of rotatable bonds is 7. The fourth-order valence-electron chi connectivity index (χ4n) is 1.96. The number of carbonyl (C=O) groups is 1. The Hall–Kier alpha value is -1.28. The third-order valence-corrected chi connectivity index (χ3v) is 4.73. The molecule has 22 heavy (non-hydrogen) atoms. The highest BCUT2D eigenvalue weighted by Gasteiger charge is 2.51. The fraction of sp³-hybridized carbons (Fsp3) is 0.643. The molecule has 0 aromatic heterocycles. The minimum atomic E-state index is -4.40.